The monoisotopic (exact) mass is 299 g/mol. The van der Waals surface area contributed by atoms with Gasteiger partial charge in [0.05, 0.1) is 11.7 Å². The number of aliphatic hydroxyl groups is 1. The molecular weight excluding hydrogens is 278 g/mol. The number of carbonyl (C=O) groups excluding carboxylic acids is 1. The lowest BCUT2D eigenvalue weighted by molar-refractivity contribution is 0.0873. The van der Waals surface area contributed by atoms with E-state index in [1.165, 1.54) is 0 Å². The van der Waals surface area contributed by atoms with Gasteiger partial charge in [-0.2, -0.15) is 0 Å². The van der Waals surface area contributed by atoms with Crippen molar-refractivity contribution in [2.45, 2.75) is 31.8 Å². The molecule has 0 aliphatic heterocycles. The molecule has 2 unspecified atom stereocenters. The van der Waals surface area contributed by atoms with Crippen molar-refractivity contribution in [3.63, 3.8) is 0 Å². The summed E-state index contributed by atoms with van der Waals surface area (Å²) < 4.78 is 1.89. The fraction of sp³-hybridized carbons (Fsp3) is 0.412. The van der Waals surface area contributed by atoms with Gasteiger partial charge in [0.15, 0.2) is 0 Å². The van der Waals surface area contributed by atoms with Crippen LogP contribution in [-0.4, -0.2) is 33.2 Å². The summed E-state index contributed by atoms with van der Waals surface area (Å²) in [7, 11) is 0. The second-order valence-electron chi connectivity index (χ2n) is 5.89. The second-order valence-corrected chi connectivity index (χ2v) is 5.89. The Labute approximate surface area is 130 Å². The molecule has 116 valence electrons. The van der Waals surface area contributed by atoms with Gasteiger partial charge in [-0.15, -0.1) is 0 Å². The van der Waals surface area contributed by atoms with E-state index >= 15 is 0 Å². The topological polar surface area (TPSA) is 67.2 Å². The van der Waals surface area contributed by atoms with Gasteiger partial charge in [-0.1, -0.05) is 6.42 Å². The summed E-state index contributed by atoms with van der Waals surface area (Å²) in [4.78, 5) is 16.5. The summed E-state index contributed by atoms with van der Waals surface area (Å²) in [6.07, 6.45) is 8.99. The number of hydrogen-bond donors (Lipinski definition) is 2. The third-order valence-electron chi connectivity index (χ3n) is 4.19. The van der Waals surface area contributed by atoms with Crippen molar-refractivity contribution in [2.24, 2.45) is 5.92 Å². The van der Waals surface area contributed by atoms with Crippen LogP contribution in [0.1, 0.15) is 36.0 Å². The standard InChI is InChI=1S/C17H21N3O2/c21-15-5-3-4-13(10-15)11-19-17(22)14-6-7-16(18-12-14)20-8-1-2-9-20/h1-2,6-9,12-13,15,21H,3-5,10-11H2,(H,19,22). The largest absolute Gasteiger partial charge is 0.393 e. The van der Waals surface area contributed by atoms with Crippen molar-refractivity contribution in [3.8, 4) is 5.82 Å². The lowest BCUT2D eigenvalue weighted by Gasteiger charge is -2.25. The molecule has 0 saturated heterocycles. The van der Waals surface area contributed by atoms with Crippen LogP contribution >= 0.6 is 0 Å². The molecule has 2 heterocycles. The zero-order chi connectivity index (χ0) is 15.4. The van der Waals surface area contributed by atoms with Gasteiger partial charge in [0, 0.05) is 25.1 Å². The highest BCUT2D eigenvalue weighted by Gasteiger charge is 2.20. The average Bonchev–Trinajstić information content (AvgIpc) is 3.07. The van der Waals surface area contributed by atoms with Crippen LogP contribution in [0.15, 0.2) is 42.9 Å². The molecule has 1 aliphatic rings. The molecule has 5 heteroatoms. The van der Waals surface area contributed by atoms with E-state index in [4.69, 9.17) is 0 Å². The van der Waals surface area contributed by atoms with E-state index in [1.807, 2.05) is 35.2 Å². The van der Waals surface area contributed by atoms with Crippen LogP contribution in [0, 0.1) is 5.92 Å². The Balaban J connectivity index is 1.56. The van der Waals surface area contributed by atoms with Crippen LogP contribution in [0.2, 0.25) is 0 Å². The summed E-state index contributed by atoms with van der Waals surface area (Å²) >= 11 is 0. The maximum atomic E-state index is 12.1. The van der Waals surface area contributed by atoms with Crippen LogP contribution in [0.25, 0.3) is 5.82 Å². The zero-order valence-corrected chi connectivity index (χ0v) is 12.5. The first-order chi connectivity index (χ1) is 10.7. The molecular formula is C17H21N3O2. The Bertz CT molecular complexity index is 607. The molecule has 0 radical (unpaired) electrons. The molecule has 2 aromatic heterocycles. The highest BCUT2D eigenvalue weighted by molar-refractivity contribution is 5.93. The highest BCUT2D eigenvalue weighted by Crippen LogP contribution is 2.23. The summed E-state index contributed by atoms with van der Waals surface area (Å²) in [6.45, 7) is 0.620. The van der Waals surface area contributed by atoms with E-state index in [9.17, 15) is 9.90 Å². The number of rotatable bonds is 4. The third kappa shape index (κ3) is 3.54. The van der Waals surface area contributed by atoms with Crippen LogP contribution in [0.5, 0.6) is 0 Å². The normalized spacial score (nSPS) is 21.5. The van der Waals surface area contributed by atoms with Crippen LogP contribution in [-0.2, 0) is 0 Å². The number of aromatic nitrogens is 2. The van der Waals surface area contributed by atoms with Gasteiger partial charge in [-0.25, -0.2) is 4.98 Å². The lowest BCUT2D eigenvalue weighted by atomic mass is 9.87. The van der Waals surface area contributed by atoms with Gasteiger partial charge in [-0.05, 0) is 49.4 Å². The van der Waals surface area contributed by atoms with Crippen molar-refractivity contribution in [2.75, 3.05) is 6.54 Å². The van der Waals surface area contributed by atoms with Crippen LogP contribution in [0.4, 0.5) is 0 Å². The summed E-state index contributed by atoms with van der Waals surface area (Å²) in [5.41, 5.74) is 0.562. The summed E-state index contributed by atoms with van der Waals surface area (Å²) in [6, 6.07) is 7.48. The van der Waals surface area contributed by atoms with E-state index in [0.29, 0.717) is 18.0 Å². The van der Waals surface area contributed by atoms with Gasteiger partial charge in [0.2, 0.25) is 0 Å². The van der Waals surface area contributed by atoms with Crippen LogP contribution in [0.3, 0.4) is 0 Å². The summed E-state index contributed by atoms with van der Waals surface area (Å²) in [5, 5.41) is 12.6. The van der Waals surface area contributed by atoms with Gasteiger partial charge in [-0.3, -0.25) is 4.79 Å². The smallest absolute Gasteiger partial charge is 0.252 e. The van der Waals surface area contributed by atoms with E-state index in [2.05, 4.69) is 10.3 Å². The average molecular weight is 299 g/mol. The van der Waals surface area contributed by atoms with Gasteiger partial charge < -0.3 is 15.0 Å². The number of nitrogens with zero attached hydrogens (tertiary/aromatic N) is 2. The van der Waals surface area contributed by atoms with Gasteiger partial charge in [0.25, 0.3) is 5.91 Å². The molecule has 5 nitrogen and oxygen atoms in total. The lowest BCUT2D eigenvalue weighted by Crippen LogP contribution is -2.33. The van der Waals surface area contributed by atoms with E-state index < -0.39 is 0 Å². The fourth-order valence-corrected chi connectivity index (χ4v) is 2.95. The quantitative estimate of drug-likeness (QED) is 0.909. The van der Waals surface area contributed by atoms with Crippen LogP contribution < -0.4 is 5.32 Å². The first kappa shape index (κ1) is 14.8. The Morgan fingerprint density at radius 2 is 2.14 bits per heavy atom. The van der Waals surface area contributed by atoms with E-state index in [-0.39, 0.29) is 12.0 Å². The first-order valence-electron chi connectivity index (χ1n) is 7.78. The minimum absolute atomic E-state index is 0.105. The van der Waals surface area contributed by atoms with Crippen molar-refractivity contribution in [1.82, 2.24) is 14.9 Å². The highest BCUT2D eigenvalue weighted by atomic mass is 16.3. The zero-order valence-electron chi connectivity index (χ0n) is 12.5. The van der Waals surface area contributed by atoms with Crippen molar-refractivity contribution in [1.29, 1.82) is 0 Å². The number of aliphatic hydroxyl groups excluding tert-OH is 1. The Morgan fingerprint density at radius 1 is 1.32 bits per heavy atom. The molecule has 2 atom stereocenters. The molecule has 1 aliphatic carbocycles. The number of amides is 1. The number of pyridine rings is 1. The maximum absolute atomic E-state index is 12.1. The second kappa shape index (κ2) is 6.75. The van der Waals surface area contributed by atoms with Gasteiger partial charge >= 0.3 is 0 Å². The Morgan fingerprint density at radius 3 is 2.82 bits per heavy atom. The number of hydrogen-bond acceptors (Lipinski definition) is 3. The SMILES string of the molecule is O=C(NCC1CCCC(O)C1)c1ccc(-n2cccc2)nc1. The molecule has 0 aromatic carbocycles. The number of carbonyl (C=O) groups is 1. The van der Waals surface area contributed by atoms with Crippen molar-refractivity contribution in [3.05, 3.63) is 48.4 Å². The Hall–Kier alpha value is -2.14. The van der Waals surface area contributed by atoms with E-state index in [0.717, 1.165) is 31.5 Å². The predicted octanol–water partition coefficient (Wildman–Crippen LogP) is 2.15. The molecule has 22 heavy (non-hydrogen) atoms. The molecule has 3 rings (SSSR count). The van der Waals surface area contributed by atoms with Gasteiger partial charge in [0.1, 0.15) is 5.82 Å². The first-order valence-corrected chi connectivity index (χ1v) is 7.78. The fourth-order valence-electron chi connectivity index (χ4n) is 2.95. The minimum atomic E-state index is -0.210. The molecule has 1 saturated carbocycles. The maximum Gasteiger partial charge on any atom is 0.252 e. The molecule has 2 aromatic rings. The molecule has 1 amide bonds. The van der Waals surface area contributed by atoms with Crippen molar-refractivity contribution >= 4 is 5.91 Å². The molecule has 0 bridgehead atoms. The summed E-state index contributed by atoms with van der Waals surface area (Å²) in [5.74, 6) is 1.06. The minimum Gasteiger partial charge on any atom is -0.393 e. The Kier molecular flexibility index (Phi) is 4.53. The predicted molar refractivity (Wildman–Crippen MR) is 83.9 cm³/mol. The molecule has 1 fully saturated rings. The number of nitrogens with one attached hydrogen (secondary N) is 1. The third-order valence-corrected chi connectivity index (χ3v) is 4.19. The molecule has 0 spiro atoms. The van der Waals surface area contributed by atoms with Crippen molar-refractivity contribution < 1.29 is 9.90 Å². The molecule has 2 N–H and O–H groups in total. The van der Waals surface area contributed by atoms with E-state index in [1.54, 1.807) is 12.3 Å².